The highest BCUT2D eigenvalue weighted by Gasteiger charge is 2.72. The lowest BCUT2D eigenvalue weighted by Gasteiger charge is -2.59. The van der Waals surface area contributed by atoms with E-state index in [9.17, 15) is 34.8 Å². The van der Waals surface area contributed by atoms with Crippen LogP contribution < -0.4 is 0 Å². The topological polar surface area (TPSA) is 132 Å². The number of hydrogen-bond acceptors (Lipinski definition) is 7. The molecule has 4 N–H and O–H groups in total. The minimum Gasteiger partial charge on any atom is -0.392 e. The Morgan fingerprint density at radius 1 is 1.00 bits per heavy atom. The molecular formula is C19H20O7. The van der Waals surface area contributed by atoms with Gasteiger partial charge < -0.3 is 20.4 Å². The van der Waals surface area contributed by atoms with E-state index in [1.54, 1.807) is 12.1 Å². The van der Waals surface area contributed by atoms with Crippen LogP contribution in [0.1, 0.15) is 46.9 Å². The summed E-state index contributed by atoms with van der Waals surface area (Å²) in [4.78, 5) is 38.8. The number of benzene rings is 1. The maximum absolute atomic E-state index is 13.1. The fourth-order valence-corrected chi connectivity index (χ4v) is 5.15. The van der Waals surface area contributed by atoms with Crippen molar-refractivity contribution in [2.45, 2.75) is 49.1 Å². The maximum atomic E-state index is 13.1. The van der Waals surface area contributed by atoms with Crippen molar-refractivity contribution < 1.29 is 34.8 Å². The average molecular weight is 360 g/mol. The summed E-state index contributed by atoms with van der Waals surface area (Å²) in [6, 6.07) is 6.05. The molecule has 0 amide bonds. The summed E-state index contributed by atoms with van der Waals surface area (Å²) < 4.78 is 0. The molecule has 2 saturated carbocycles. The van der Waals surface area contributed by atoms with Gasteiger partial charge in [0.1, 0.15) is 5.60 Å². The van der Waals surface area contributed by atoms with E-state index in [4.69, 9.17) is 0 Å². The Kier molecular flexibility index (Phi) is 3.41. The van der Waals surface area contributed by atoms with Crippen LogP contribution in [0.4, 0.5) is 0 Å². The van der Waals surface area contributed by atoms with Gasteiger partial charge in [-0.2, -0.15) is 0 Å². The zero-order valence-electron chi connectivity index (χ0n) is 14.2. The van der Waals surface area contributed by atoms with Gasteiger partial charge in [-0.15, -0.1) is 0 Å². The highest BCUT2D eigenvalue weighted by Crippen LogP contribution is 2.55. The number of rotatable bonds is 0. The van der Waals surface area contributed by atoms with Gasteiger partial charge in [0.05, 0.1) is 23.5 Å². The molecule has 0 spiro atoms. The molecule has 0 bridgehead atoms. The summed E-state index contributed by atoms with van der Waals surface area (Å²) in [5.41, 5.74) is -6.10. The van der Waals surface area contributed by atoms with E-state index < -0.39 is 64.9 Å². The molecule has 3 aliphatic rings. The third-order valence-corrected chi connectivity index (χ3v) is 6.16. The Hall–Kier alpha value is -1.93. The lowest BCUT2D eigenvalue weighted by molar-refractivity contribution is -0.249. The fraction of sp³-hybridized carbons (Fsp3) is 0.526. The van der Waals surface area contributed by atoms with Crippen molar-refractivity contribution in [3.63, 3.8) is 0 Å². The SMILES string of the molecule is C[C@]1(O)CC(=O)[C@]2(O)C3C(=O)c4ccccc4C(=O)C3[C@H](O)C[C@]2(O)C1. The van der Waals surface area contributed by atoms with Crippen LogP contribution in [0.25, 0.3) is 0 Å². The third-order valence-electron chi connectivity index (χ3n) is 6.16. The van der Waals surface area contributed by atoms with Crippen LogP contribution in [0.5, 0.6) is 0 Å². The van der Waals surface area contributed by atoms with Crippen LogP contribution in [-0.2, 0) is 4.79 Å². The molecule has 4 rings (SSSR count). The third kappa shape index (κ3) is 2.00. The highest BCUT2D eigenvalue weighted by atomic mass is 16.4. The van der Waals surface area contributed by atoms with Crippen LogP contribution >= 0.6 is 0 Å². The predicted octanol–water partition coefficient (Wildman–Crippen LogP) is -0.361. The normalized spacial score (nSPS) is 45.0. The van der Waals surface area contributed by atoms with Crippen LogP contribution in [-0.4, -0.2) is 60.7 Å². The van der Waals surface area contributed by atoms with Crippen molar-refractivity contribution >= 4 is 17.3 Å². The number of carbonyl (C=O) groups excluding carboxylic acids is 3. The molecular weight excluding hydrogens is 340 g/mol. The number of Topliss-reactive ketones (excluding diaryl/α,β-unsaturated/α-hetero) is 3. The minimum absolute atomic E-state index is 0.0637. The van der Waals surface area contributed by atoms with E-state index in [2.05, 4.69) is 0 Å². The first-order valence-electron chi connectivity index (χ1n) is 8.58. The van der Waals surface area contributed by atoms with E-state index in [0.717, 1.165) is 0 Å². The lowest BCUT2D eigenvalue weighted by Crippen LogP contribution is -2.77. The minimum atomic E-state index is -2.53. The zero-order valence-corrected chi connectivity index (χ0v) is 14.2. The molecule has 0 saturated heterocycles. The highest BCUT2D eigenvalue weighted by molar-refractivity contribution is 6.18. The first kappa shape index (κ1) is 17.5. The summed E-state index contributed by atoms with van der Waals surface area (Å²) in [7, 11) is 0. The van der Waals surface area contributed by atoms with E-state index in [-0.39, 0.29) is 17.5 Å². The van der Waals surface area contributed by atoms with Crippen LogP contribution in [0.3, 0.4) is 0 Å². The smallest absolute Gasteiger partial charge is 0.170 e. The molecule has 2 fully saturated rings. The molecule has 1 aromatic carbocycles. The number of aliphatic hydroxyl groups is 4. The molecule has 26 heavy (non-hydrogen) atoms. The number of hydrogen-bond donors (Lipinski definition) is 4. The monoisotopic (exact) mass is 360 g/mol. The van der Waals surface area contributed by atoms with E-state index in [1.807, 2.05) is 0 Å². The lowest BCUT2D eigenvalue weighted by atomic mass is 9.49. The first-order valence-corrected chi connectivity index (χ1v) is 8.58. The van der Waals surface area contributed by atoms with E-state index >= 15 is 0 Å². The van der Waals surface area contributed by atoms with Gasteiger partial charge in [0.2, 0.25) is 0 Å². The summed E-state index contributed by atoms with van der Waals surface area (Å²) >= 11 is 0. The molecule has 0 heterocycles. The molecule has 1 aromatic rings. The van der Waals surface area contributed by atoms with Gasteiger partial charge in [-0.25, -0.2) is 0 Å². The van der Waals surface area contributed by atoms with Crippen molar-refractivity contribution in [1.82, 2.24) is 0 Å². The predicted molar refractivity (Wildman–Crippen MR) is 87.5 cm³/mol. The van der Waals surface area contributed by atoms with Gasteiger partial charge in [-0.05, 0) is 6.92 Å². The molecule has 0 aliphatic heterocycles. The Bertz CT molecular complexity index is 844. The van der Waals surface area contributed by atoms with Gasteiger partial charge in [0, 0.05) is 30.4 Å². The number of ketones is 3. The van der Waals surface area contributed by atoms with E-state index in [1.165, 1.54) is 19.1 Å². The van der Waals surface area contributed by atoms with Crippen molar-refractivity contribution in [3.05, 3.63) is 35.4 Å². The molecule has 0 radical (unpaired) electrons. The molecule has 6 atom stereocenters. The fourth-order valence-electron chi connectivity index (χ4n) is 5.15. The Morgan fingerprint density at radius 2 is 1.58 bits per heavy atom. The Balaban J connectivity index is 1.93. The zero-order chi connectivity index (χ0) is 19.1. The molecule has 7 heteroatoms. The van der Waals surface area contributed by atoms with Crippen molar-refractivity contribution in [2.24, 2.45) is 11.8 Å². The van der Waals surface area contributed by atoms with Gasteiger partial charge in [0.15, 0.2) is 23.0 Å². The van der Waals surface area contributed by atoms with Gasteiger partial charge in [0.25, 0.3) is 0 Å². The average Bonchev–Trinajstić information content (AvgIpc) is 2.53. The standard InChI is InChI=1S/C19H20O7/c1-17(24)7-12(21)19(26)14-13(11(20)6-18(19,25)8-17)15(22)9-4-2-3-5-10(9)16(14)23/h2-5,11,13-14,20,24-26H,6-8H2,1H3/t11-,13?,14?,17+,18+,19+/m1/s1. The van der Waals surface area contributed by atoms with Crippen molar-refractivity contribution in [3.8, 4) is 0 Å². The van der Waals surface area contributed by atoms with Gasteiger partial charge >= 0.3 is 0 Å². The molecule has 138 valence electrons. The maximum Gasteiger partial charge on any atom is 0.170 e. The molecule has 2 unspecified atom stereocenters. The number of aliphatic hydroxyl groups excluding tert-OH is 1. The molecule has 7 nitrogen and oxygen atoms in total. The largest absolute Gasteiger partial charge is 0.392 e. The molecule has 3 aliphatic carbocycles. The second kappa shape index (κ2) is 5.07. The van der Waals surface area contributed by atoms with Crippen molar-refractivity contribution in [1.29, 1.82) is 0 Å². The summed E-state index contributed by atoms with van der Waals surface area (Å²) in [5, 5.41) is 43.2. The Morgan fingerprint density at radius 3 is 2.19 bits per heavy atom. The van der Waals surface area contributed by atoms with Crippen molar-refractivity contribution in [2.75, 3.05) is 0 Å². The van der Waals surface area contributed by atoms with Gasteiger partial charge in [-0.3, -0.25) is 14.4 Å². The van der Waals surface area contributed by atoms with E-state index in [0.29, 0.717) is 0 Å². The number of fused-ring (bicyclic) bond motifs is 4. The summed E-state index contributed by atoms with van der Waals surface area (Å²) in [6.07, 6.45) is -2.73. The number of carbonyl (C=O) groups is 3. The van der Waals surface area contributed by atoms with Crippen LogP contribution in [0, 0.1) is 11.8 Å². The van der Waals surface area contributed by atoms with Crippen LogP contribution in [0.2, 0.25) is 0 Å². The summed E-state index contributed by atoms with van der Waals surface area (Å²) in [6.45, 7) is 1.35. The van der Waals surface area contributed by atoms with Crippen LogP contribution in [0.15, 0.2) is 24.3 Å². The second-order valence-corrected chi connectivity index (χ2v) is 8.12. The molecule has 0 aromatic heterocycles. The summed E-state index contributed by atoms with van der Waals surface area (Å²) in [5.74, 6) is -4.96. The van der Waals surface area contributed by atoms with Gasteiger partial charge in [-0.1, -0.05) is 24.3 Å². The quantitative estimate of drug-likeness (QED) is 0.497. The Labute approximate surface area is 149 Å². The second-order valence-electron chi connectivity index (χ2n) is 8.12. The first-order chi connectivity index (χ1) is 12.0.